The number of benzene rings is 2. The number of nitrogens with one attached hydrogen (secondary N) is 1. The Labute approximate surface area is 176 Å². The SMILES string of the molecule is [O-]C(=NC1CCCC(Nc2cc(C(F)(F)F)nc3ccccc23)C1)c1cccc(F)c1. The van der Waals surface area contributed by atoms with Crippen molar-refractivity contribution < 1.29 is 22.7 Å². The van der Waals surface area contributed by atoms with Gasteiger partial charge in [-0.05, 0) is 61.4 Å². The highest BCUT2D eigenvalue weighted by Gasteiger charge is 2.33. The summed E-state index contributed by atoms with van der Waals surface area (Å²) in [5.41, 5.74) is -0.143. The first-order valence-corrected chi connectivity index (χ1v) is 10.0. The average Bonchev–Trinajstić information content (AvgIpc) is 2.73. The van der Waals surface area contributed by atoms with Crippen LogP contribution in [0.5, 0.6) is 0 Å². The van der Waals surface area contributed by atoms with Crippen LogP contribution in [0.1, 0.15) is 36.9 Å². The molecule has 1 aliphatic rings. The molecular weight excluding hydrogens is 410 g/mol. The Morgan fingerprint density at radius 3 is 2.65 bits per heavy atom. The summed E-state index contributed by atoms with van der Waals surface area (Å²) in [6.07, 6.45) is -1.83. The number of alkyl halides is 3. The largest absolute Gasteiger partial charge is 0.858 e. The molecule has 2 aromatic carbocycles. The van der Waals surface area contributed by atoms with Crippen molar-refractivity contribution in [1.29, 1.82) is 0 Å². The molecular formula is C23H20F4N3O-. The number of aliphatic imine (C=N–C) groups is 1. The van der Waals surface area contributed by atoms with Gasteiger partial charge in [0.2, 0.25) is 0 Å². The second-order valence-corrected chi connectivity index (χ2v) is 7.68. The fourth-order valence-corrected chi connectivity index (χ4v) is 3.93. The molecule has 4 rings (SSSR count). The minimum atomic E-state index is -4.55. The van der Waals surface area contributed by atoms with E-state index in [0.29, 0.717) is 23.9 Å². The Morgan fingerprint density at radius 1 is 1.06 bits per heavy atom. The zero-order chi connectivity index (χ0) is 22.0. The maximum atomic E-state index is 13.4. The van der Waals surface area contributed by atoms with Crippen LogP contribution in [0.4, 0.5) is 23.2 Å². The van der Waals surface area contributed by atoms with Gasteiger partial charge in [-0.15, -0.1) is 0 Å². The van der Waals surface area contributed by atoms with Gasteiger partial charge < -0.3 is 10.4 Å². The molecule has 162 valence electrons. The number of aromatic nitrogens is 1. The number of hydrogen-bond donors (Lipinski definition) is 1. The van der Waals surface area contributed by atoms with Gasteiger partial charge in [-0.25, -0.2) is 9.37 Å². The lowest BCUT2D eigenvalue weighted by Crippen LogP contribution is -2.31. The first-order chi connectivity index (χ1) is 14.8. The number of hydrogen-bond acceptors (Lipinski definition) is 4. The highest BCUT2D eigenvalue weighted by Crippen LogP contribution is 2.34. The lowest BCUT2D eigenvalue weighted by molar-refractivity contribution is -0.213. The third-order valence-corrected chi connectivity index (χ3v) is 5.38. The molecule has 0 radical (unpaired) electrons. The normalized spacial score (nSPS) is 20.1. The van der Waals surface area contributed by atoms with E-state index in [4.69, 9.17) is 0 Å². The average molecular weight is 430 g/mol. The molecule has 1 saturated carbocycles. The van der Waals surface area contributed by atoms with Crippen LogP contribution >= 0.6 is 0 Å². The van der Waals surface area contributed by atoms with Crippen LogP contribution in [0.25, 0.3) is 10.9 Å². The smallest absolute Gasteiger partial charge is 0.433 e. The number of rotatable bonds is 4. The van der Waals surface area contributed by atoms with Crippen LogP contribution in [-0.4, -0.2) is 23.0 Å². The van der Waals surface area contributed by atoms with Crippen molar-refractivity contribution in [3.63, 3.8) is 0 Å². The minimum absolute atomic E-state index is 0.144. The lowest BCUT2D eigenvalue weighted by Gasteiger charge is -2.30. The molecule has 1 aromatic heterocycles. The molecule has 31 heavy (non-hydrogen) atoms. The molecule has 8 heteroatoms. The standard InChI is InChI=1S/C23H21F4N3O/c24-15-6-3-5-14(11-15)22(31)29-17-8-4-7-16(12-17)28-20-13-21(23(25,26)27)30-19-10-2-1-9-18(19)20/h1-3,5-6,9-11,13,16-17H,4,7-8,12H2,(H,28,30)(H,29,31)/p-1. The van der Waals surface area contributed by atoms with Crippen LogP contribution in [-0.2, 0) is 6.18 Å². The molecule has 4 nitrogen and oxygen atoms in total. The van der Waals surface area contributed by atoms with E-state index in [1.54, 1.807) is 24.3 Å². The van der Waals surface area contributed by atoms with Crippen molar-refractivity contribution in [2.75, 3.05) is 5.32 Å². The maximum absolute atomic E-state index is 13.4. The number of nitrogens with zero attached hydrogens (tertiary/aromatic N) is 2. The molecule has 3 aromatic rings. The van der Waals surface area contributed by atoms with Crippen molar-refractivity contribution in [1.82, 2.24) is 4.98 Å². The van der Waals surface area contributed by atoms with Gasteiger partial charge in [0.25, 0.3) is 0 Å². The minimum Gasteiger partial charge on any atom is -0.858 e. The summed E-state index contributed by atoms with van der Waals surface area (Å²) in [4.78, 5) is 7.96. The Balaban J connectivity index is 1.56. The first-order valence-electron chi connectivity index (χ1n) is 10.0. The van der Waals surface area contributed by atoms with Crippen LogP contribution in [0.15, 0.2) is 59.6 Å². The van der Waals surface area contributed by atoms with Gasteiger partial charge in [0.1, 0.15) is 11.5 Å². The number of para-hydroxylation sites is 1. The molecule has 0 aliphatic heterocycles. The molecule has 2 unspecified atom stereocenters. The zero-order valence-electron chi connectivity index (χ0n) is 16.5. The van der Waals surface area contributed by atoms with Crippen molar-refractivity contribution in [2.45, 2.75) is 43.9 Å². The van der Waals surface area contributed by atoms with Gasteiger partial charge in [0.05, 0.1) is 11.6 Å². The molecule has 0 bridgehead atoms. The summed E-state index contributed by atoms with van der Waals surface area (Å²) >= 11 is 0. The van der Waals surface area contributed by atoms with Crippen LogP contribution in [0.3, 0.4) is 0 Å². The van der Waals surface area contributed by atoms with Gasteiger partial charge >= 0.3 is 6.18 Å². The third kappa shape index (κ3) is 4.95. The third-order valence-electron chi connectivity index (χ3n) is 5.38. The second kappa shape index (κ2) is 8.53. The molecule has 1 fully saturated rings. The van der Waals surface area contributed by atoms with E-state index in [1.807, 2.05) is 0 Å². The molecule has 1 aliphatic carbocycles. The van der Waals surface area contributed by atoms with E-state index in [2.05, 4.69) is 15.3 Å². The summed E-state index contributed by atoms with van der Waals surface area (Å²) in [7, 11) is 0. The quantitative estimate of drug-likeness (QED) is 0.363. The summed E-state index contributed by atoms with van der Waals surface area (Å²) in [5.74, 6) is -0.992. The van der Waals surface area contributed by atoms with Crippen LogP contribution in [0, 0.1) is 5.82 Å². The van der Waals surface area contributed by atoms with Gasteiger partial charge in [0.15, 0.2) is 0 Å². The maximum Gasteiger partial charge on any atom is 0.433 e. The fraction of sp³-hybridized carbons (Fsp3) is 0.304. The van der Waals surface area contributed by atoms with E-state index in [1.165, 1.54) is 18.2 Å². The van der Waals surface area contributed by atoms with Crippen molar-refractivity contribution in [3.8, 4) is 0 Å². The highest BCUT2D eigenvalue weighted by atomic mass is 19.4. The Hall–Kier alpha value is -3.16. The van der Waals surface area contributed by atoms with Crippen molar-refractivity contribution in [2.24, 2.45) is 4.99 Å². The molecule has 2 atom stereocenters. The van der Waals surface area contributed by atoms with E-state index in [-0.39, 0.29) is 23.2 Å². The van der Waals surface area contributed by atoms with E-state index in [9.17, 15) is 22.7 Å². The van der Waals surface area contributed by atoms with Gasteiger partial charge in [-0.2, -0.15) is 13.2 Å². The van der Waals surface area contributed by atoms with Gasteiger partial charge in [-0.1, -0.05) is 30.3 Å². The van der Waals surface area contributed by atoms with Crippen molar-refractivity contribution >= 4 is 22.5 Å². The monoisotopic (exact) mass is 430 g/mol. The predicted molar refractivity (Wildman–Crippen MR) is 109 cm³/mol. The number of pyridine rings is 1. The zero-order valence-corrected chi connectivity index (χ0v) is 16.5. The number of anilines is 1. The summed E-state index contributed by atoms with van der Waals surface area (Å²) < 4.78 is 53.3. The summed E-state index contributed by atoms with van der Waals surface area (Å²) in [6.45, 7) is 0. The van der Waals surface area contributed by atoms with E-state index in [0.717, 1.165) is 25.0 Å². The summed E-state index contributed by atoms with van der Waals surface area (Å²) in [5, 5.41) is 16.2. The molecule has 0 spiro atoms. The highest BCUT2D eigenvalue weighted by molar-refractivity contribution is 5.92. The molecule has 0 saturated heterocycles. The van der Waals surface area contributed by atoms with Gasteiger partial charge in [0, 0.05) is 17.1 Å². The first kappa shape index (κ1) is 21.1. The Kier molecular flexibility index (Phi) is 5.80. The molecule has 1 heterocycles. The van der Waals surface area contributed by atoms with Crippen LogP contribution < -0.4 is 10.4 Å². The number of fused-ring (bicyclic) bond motifs is 1. The van der Waals surface area contributed by atoms with E-state index >= 15 is 0 Å². The van der Waals surface area contributed by atoms with Gasteiger partial charge in [-0.3, -0.25) is 4.99 Å². The predicted octanol–water partition coefficient (Wildman–Crippen LogP) is 4.92. The topological polar surface area (TPSA) is 60.3 Å². The second-order valence-electron chi connectivity index (χ2n) is 7.68. The summed E-state index contributed by atoms with van der Waals surface area (Å²) in [6, 6.07) is 12.6. The molecule has 0 amide bonds. The van der Waals surface area contributed by atoms with Crippen molar-refractivity contribution in [3.05, 3.63) is 71.7 Å². The Morgan fingerprint density at radius 2 is 1.87 bits per heavy atom. The van der Waals surface area contributed by atoms with Crippen LogP contribution in [0.2, 0.25) is 0 Å². The lowest BCUT2D eigenvalue weighted by atomic mass is 9.91. The van der Waals surface area contributed by atoms with E-state index < -0.39 is 23.6 Å². The molecule has 1 N–H and O–H groups in total. The number of halogens is 4. The Bertz CT molecular complexity index is 1110. The fourth-order valence-electron chi connectivity index (χ4n) is 3.93.